The standard InChI is InChI=1S/C42H40N14O9/c1-53(32(57)10-16-54-33(58)6-7-34(54)59)13-5-17-65-31-21-27(38(44)61)19-29-36(31)56(42(50-29)52-40(63)25-9-12-46-48-23-25)15-4-3-14-55-35-28(18-26(37(43)60)20-30(35)64-2)49-41(55)51-39(62)24-8-11-45-47-22-24/h3-4,6-9,11-12,18-23H,5,10,13-17H2,1-2H3,(H2,43,60)(H2,44,61)(H,49,51,62)(H,50,52,63)/b4-3+. The van der Waals surface area contributed by atoms with Crippen LogP contribution < -0.4 is 31.6 Å². The summed E-state index contributed by atoms with van der Waals surface area (Å²) in [4.78, 5) is 99.7. The second-order valence-electron chi connectivity index (χ2n) is 14.3. The molecule has 6 aromatic rings. The van der Waals surface area contributed by atoms with E-state index in [1.165, 1.54) is 73.2 Å². The number of nitrogens with one attached hydrogen (secondary N) is 2. The summed E-state index contributed by atoms with van der Waals surface area (Å²) >= 11 is 0. The summed E-state index contributed by atoms with van der Waals surface area (Å²) < 4.78 is 15.2. The molecule has 0 spiro atoms. The maximum Gasteiger partial charge on any atom is 0.259 e. The van der Waals surface area contributed by atoms with Gasteiger partial charge in [-0.25, -0.2) is 9.97 Å². The average Bonchev–Trinajstić information content (AvgIpc) is 3.95. The number of hydrogen-bond donors (Lipinski definition) is 4. The highest BCUT2D eigenvalue weighted by Gasteiger charge is 2.25. The number of primary amides is 2. The Morgan fingerprint density at radius 3 is 1.71 bits per heavy atom. The highest BCUT2D eigenvalue weighted by Crippen LogP contribution is 2.33. The third-order valence-corrected chi connectivity index (χ3v) is 10.1. The van der Waals surface area contributed by atoms with Gasteiger partial charge in [-0.2, -0.15) is 20.4 Å². The van der Waals surface area contributed by atoms with Gasteiger partial charge in [-0.1, -0.05) is 12.2 Å². The van der Waals surface area contributed by atoms with Gasteiger partial charge in [0.25, 0.3) is 23.6 Å². The van der Waals surface area contributed by atoms with Crippen molar-refractivity contribution in [1.82, 2.24) is 49.3 Å². The van der Waals surface area contributed by atoms with E-state index in [1.807, 2.05) is 0 Å². The number of imidazole rings is 2. The van der Waals surface area contributed by atoms with Gasteiger partial charge >= 0.3 is 0 Å². The van der Waals surface area contributed by atoms with Gasteiger partial charge in [0.2, 0.25) is 29.6 Å². The maximum atomic E-state index is 13.4. The molecular weight excluding hydrogens is 845 g/mol. The molecule has 23 heteroatoms. The molecule has 7 rings (SSSR count). The molecule has 7 amide bonds. The first-order chi connectivity index (χ1) is 31.3. The molecule has 0 radical (unpaired) electrons. The number of allylic oxidation sites excluding steroid dienone is 2. The fourth-order valence-electron chi connectivity index (χ4n) is 6.77. The van der Waals surface area contributed by atoms with Gasteiger partial charge in [0, 0.05) is 62.9 Å². The molecule has 0 unspecified atom stereocenters. The second-order valence-corrected chi connectivity index (χ2v) is 14.3. The van der Waals surface area contributed by atoms with Gasteiger partial charge in [-0.15, -0.1) is 0 Å². The number of hydrogen-bond acceptors (Lipinski definition) is 15. The van der Waals surface area contributed by atoms with Gasteiger partial charge in [-0.05, 0) is 42.8 Å². The molecule has 1 aliphatic heterocycles. The number of rotatable bonds is 19. The number of nitrogens with zero attached hydrogens (tertiary/aromatic N) is 10. The lowest BCUT2D eigenvalue weighted by molar-refractivity contribution is -0.138. The Kier molecular flexibility index (Phi) is 13.2. The van der Waals surface area contributed by atoms with E-state index in [4.69, 9.17) is 20.9 Å². The van der Waals surface area contributed by atoms with Crippen molar-refractivity contribution in [2.75, 3.05) is 44.5 Å². The first-order valence-electron chi connectivity index (χ1n) is 19.8. The van der Waals surface area contributed by atoms with E-state index in [0.29, 0.717) is 23.0 Å². The first-order valence-corrected chi connectivity index (χ1v) is 19.8. The largest absolute Gasteiger partial charge is 0.494 e. The van der Waals surface area contributed by atoms with Crippen molar-refractivity contribution in [2.24, 2.45) is 11.5 Å². The second kappa shape index (κ2) is 19.4. The van der Waals surface area contributed by atoms with E-state index in [0.717, 1.165) is 17.1 Å². The summed E-state index contributed by atoms with van der Waals surface area (Å²) in [5.41, 5.74) is 13.3. The molecule has 0 saturated carbocycles. The van der Waals surface area contributed by atoms with E-state index in [2.05, 4.69) is 41.0 Å². The number of imide groups is 1. The van der Waals surface area contributed by atoms with Crippen LogP contribution in [0.5, 0.6) is 11.5 Å². The Morgan fingerprint density at radius 2 is 1.23 bits per heavy atom. The monoisotopic (exact) mass is 884 g/mol. The van der Waals surface area contributed by atoms with Crippen molar-refractivity contribution in [2.45, 2.75) is 25.9 Å². The van der Waals surface area contributed by atoms with Crippen molar-refractivity contribution in [3.63, 3.8) is 0 Å². The van der Waals surface area contributed by atoms with Crippen molar-refractivity contribution in [3.8, 4) is 11.5 Å². The Bertz CT molecular complexity index is 2890. The van der Waals surface area contributed by atoms with Gasteiger partial charge in [0.15, 0.2) is 0 Å². The maximum absolute atomic E-state index is 13.4. The Hall–Kier alpha value is -8.89. The van der Waals surface area contributed by atoms with Gasteiger partial charge < -0.3 is 35.0 Å². The van der Waals surface area contributed by atoms with E-state index in [-0.39, 0.29) is 96.3 Å². The van der Waals surface area contributed by atoms with Crippen LogP contribution in [0.25, 0.3) is 22.1 Å². The van der Waals surface area contributed by atoms with E-state index >= 15 is 0 Å². The lowest BCUT2D eigenvalue weighted by Crippen LogP contribution is -2.36. The molecule has 0 saturated heterocycles. The molecule has 65 heavy (non-hydrogen) atoms. The molecule has 1 aliphatic rings. The molecule has 2 aromatic carbocycles. The molecule has 0 aliphatic carbocycles. The molecule has 0 bridgehead atoms. The highest BCUT2D eigenvalue weighted by molar-refractivity contribution is 6.13. The molecule has 5 heterocycles. The Labute approximate surface area is 368 Å². The number of carbonyl (C=O) groups excluding carboxylic acids is 7. The highest BCUT2D eigenvalue weighted by atomic mass is 16.5. The summed E-state index contributed by atoms with van der Waals surface area (Å²) in [6, 6.07) is 8.81. The summed E-state index contributed by atoms with van der Waals surface area (Å²) in [5, 5.41) is 20.6. The van der Waals surface area contributed by atoms with Crippen LogP contribution in [0.15, 0.2) is 85.5 Å². The molecular formula is C42H40N14O9. The zero-order valence-corrected chi connectivity index (χ0v) is 34.8. The fourth-order valence-corrected chi connectivity index (χ4v) is 6.77. The van der Waals surface area contributed by atoms with Crippen molar-refractivity contribution < 1.29 is 43.0 Å². The van der Waals surface area contributed by atoms with Crippen LogP contribution in [-0.2, 0) is 27.5 Å². The smallest absolute Gasteiger partial charge is 0.259 e. The quantitative estimate of drug-likeness (QED) is 0.0509. The average molecular weight is 885 g/mol. The Morgan fingerprint density at radius 1 is 0.723 bits per heavy atom. The van der Waals surface area contributed by atoms with Gasteiger partial charge in [0.1, 0.15) is 22.5 Å². The number of anilines is 2. The number of ether oxygens (including phenoxy) is 2. The lowest BCUT2D eigenvalue weighted by atomic mass is 10.1. The van der Waals surface area contributed by atoms with Crippen LogP contribution in [0.1, 0.15) is 54.3 Å². The third-order valence-electron chi connectivity index (χ3n) is 10.1. The predicted molar refractivity (Wildman–Crippen MR) is 230 cm³/mol. The number of aromatic nitrogens is 8. The number of nitrogens with two attached hydrogens (primary N) is 2. The molecule has 4 aromatic heterocycles. The zero-order valence-electron chi connectivity index (χ0n) is 34.8. The SMILES string of the molecule is COc1cc(C(N)=O)cc2nc(NC(=O)c3ccnnc3)n(C/C=C/Cn3c(NC(=O)c4ccnnc4)nc4cc(C(N)=O)cc(OCCCN(C)C(=O)CCN5C(=O)C=CC5=O)c43)c12. The van der Waals surface area contributed by atoms with Crippen LogP contribution in [0.4, 0.5) is 11.9 Å². The molecule has 6 N–H and O–H groups in total. The third kappa shape index (κ3) is 9.93. The van der Waals surface area contributed by atoms with E-state index < -0.39 is 35.4 Å². The minimum Gasteiger partial charge on any atom is -0.494 e. The number of fused-ring (bicyclic) bond motifs is 2. The molecule has 332 valence electrons. The Balaban J connectivity index is 1.17. The van der Waals surface area contributed by atoms with Crippen LogP contribution in [0, 0.1) is 0 Å². The molecule has 23 nitrogen and oxygen atoms in total. The van der Waals surface area contributed by atoms with Gasteiger partial charge in [-0.3, -0.25) is 49.1 Å². The van der Waals surface area contributed by atoms with Crippen LogP contribution in [0.2, 0.25) is 0 Å². The fraction of sp³-hybridized carbons (Fsp3) is 0.214. The van der Waals surface area contributed by atoms with Crippen molar-refractivity contribution in [1.29, 1.82) is 0 Å². The van der Waals surface area contributed by atoms with E-state index in [1.54, 1.807) is 28.3 Å². The summed E-state index contributed by atoms with van der Waals surface area (Å²) in [6.45, 7) is 0.406. The minimum absolute atomic E-state index is 0.0515. The first kappa shape index (κ1) is 44.2. The van der Waals surface area contributed by atoms with Crippen LogP contribution in [0.3, 0.4) is 0 Å². The lowest BCUT2D eigenvalue weighted by Gasteiger charge is -2.19. The zero-order chi connectivity index (χ0) is 46.2. The van der Waals surface area contributed by atoms with Crippen molar-refractivity contribution >= 4 is 75.3 Å². The minimum atomic E-state index is -0.760. The van der Waals surface area contributed by atoms with Crippen LogP contribution in [-0.4, -0.2) is 125 Å². The summed E-state index contributed by atoms with van der Waals surface area (Å²) in [6.07, 6.45) is 11.4. The number of benzene rings is 2. The van der Waals surface area contributed by atoms with Crippen LogP contribution >= 0.6 is 0 Å². The number of carbonyl (C=O) groups is 7. The predicted octanol–water partition coefficient (Wildman–Crippen LogP) is 1.48. The van der Waals surface area contributed by atoms with Crippen molar-refractivity contribution in [3.05, 3.63) is 108 Å². The van der Waals surface area contributed by atoms with E-state index in [9.17, 15) is 33.6 Å². The number of amides is 7. The molecule has 0 atom stereocenters. The van der Waals surface area contributed by atoms with Gasteiger partial charge in [0.05, 0.1) is 60.7 Å². The topological polar surface area (TPSA) is 308 Å². The number of methoxy groups -OCH3 is 1. The summed E-state index contributed by atoms with van der Waals surface area (Å²) in [7, 11) is 3.00. The normalized spacial score (nSPS) is 12.3. The summed E-state index contributed by atoms with van der Waals surface area (Å²) in [5.74, 6) is -3.16. The molecule has 0 fully saturated rings.